The lowest BCUT2D eigenvalue weighted by molar-refractivity contribution is -0.162. The van der Waals surface area contributed by atoms with E-state index in [0.29, 0.717) is 0 Å². The number of carboxylic acids is 1. The molecule has 1 unspecified atom stereocenters. The highest BCUT2D eigenvalue weighted by molar-refractivity contribution is 5.87. The molecule has 0 aromatic heterocycles. The number of hydrogen-bond donors (Lipinski definition) is 3. The molecule has 1 aliphatic carbocycles. The quantitative estimate of drug-likeness (QED) is 0.708. The first-order valence-electron chi connectivity index (χ1n) is 5.69. The van der Waals surface area contributed by atoms with Crippen molar-refractivity contribution in [1.29, 1.82) is 0 Å². The topological polar surface area (TPSA) is 87.7 Å². The molecule has 1 saturated carbocycles. The van der Waals surface area contributed by atoms with Crippen LogP contribution in [0, 0.1) is 0 Å². The molecule has 2 amide bonds. The third kappa shape index (κ3) is 2.46. The number of alkyl halides is 3. The Kier molecular flexibility index (Phi) is 3.12. The minimum atomic E-state index is -4.53. The lowest BCUT2D eigenvalue weighted by atomic mass is 9.99. The molecule has 0 aromatic carbocycles. The number of rotatable bonds is 3. The molecule has 1 saturated heterocycles. The van der Waals surface area contributed by atoms with Crippen molar-refractivity contribution in [3.05, 3.63) is 0 Å². The van der Waals surface area contributed by atoms with E-state index in [1.807, 2.05) is 5.32 Å². The molecule has 2 rings (SSSR count). The molecule has 6 nitrogen and oxygen atoms in total. The van der Waals surface area contributed by atoms with E-state index < -0.39 is 29.3 Å². The predicted octanol–water partition coefficient (Wildman–Crippen LogP) is 0.624. The van der Waals surface area contributed by atoms with Crippen LogP contribution in [0.2, 0.25) is 0 Å². The molecule has 1 aliphatic heterocycles. The second-order valence-electron chi connectivity index (χ2n) is 4.85. The van der Waals surface area contributed by atoms with Gasteiger partial charge in [-0.25, -0.2) is 9.59 Å². The van der Waals surface area contributed by atoms with Crippen LogP contribution >= 0.6 is 0 Å². The fraction of sp³-hybridized carbons (Fsp3) is 0.800. The molecule has 3 N–H and O–H groups in total. The van der Waals surface area contributed by atoms with Gasteiger partial charge in [0.15, 0.2) is 5.54 Å². The van der Waals surface area contributed by atoms with Gasteiger partial charge < -0.3 is 20.5 Å². The summed E-state index contributed by atoms with van der Waals surface area (Å²) in [4.78, 5) is 22.7. The number of carbonyl (C=O) groups excluding carboxylic acids is 1. The molecule has 1 heterocycles. The monoisotopic (exact) mass is 282 g/mol. The summed E-state index contributed by atoms with van der Waals surface area (Å²) in [5, 5.41) is 12.9. The van der Waals surface area contributed by atoms with Crippen LogP contribution in [0.1, 0.15) is 19.3 Å². The van der Waals surface area contributed by atoms with Gasteiger partial charge in [-0.15, -0.1) is 0 Å². The first-order chi connectivity index (χ1) is 8.71. The second kappa shape index (κ2) is 4.26. The minimum Gasteiger partial charge on any atom is -0.479 e. The van der Waals surface area contributed by atoms with Gasteiger partial charge in [0.25, 0.3) is 0 Å². The van der Waals surface area contributed by atoms with Crippen molar-refractivity contribution in [2.45, 2.75) is 36.5 Å². The van der Waals surface area contributed by atoms with E-state index in [1.54, 1.807) is 0 Å². The standard InChI is InChI=1S/C10H13F3N2O4/c11-10(12,13)9(1-2-9)15-7(18)14-8(6(16)17)3-4-19-5-8/h1-5H2,(H,16,17)(H2,14,15,18). The predicted molar refractivity (Wildman–Crippen MR) is 55.5 cm³/mol. The first kappa shape index (κ1) is 13.9. The minimum absolute atomic E-state index is 0.0226. The Balaban J connectivity index is 2.00. The Bertz CT molecular complexity index is 400. The van der Waals surface area contributed by atoms with E-state index in [1.165, 1.54) is 0 Å². The largest absolute Gasteiger partial charge is 0.479 e. The van der Waals surface area contributed by atoms with Gasteiger partial charge in [0.1, 0.15) is 5.54 Å². The van der Waals surface area contributed by atoms with Gasteiger partial charge in [-0.05, 0) is 12.8 Å². The number of amides is 2. The molecule has 2 aliphatic rings. The smallest absolute Gasteiger partial charge is 0.411 e. The zero-order valence-corrected chi connectivity index (χ0v) is 9.84. The Morgan fingerprint density at radius 3 is 2.16 bits per heavy atom. The number of urea groups is 1. The molecule has 108 valence electrons. The molecule has 19 heavy (non-hydrogen) atoms. The van der Waals surface area contributed by atoms with Gasteiger partial charge in [-0.2, -0.15) is 13.2 Å². The van der Waals surface area contributed by atoms with E-state index in [9.17, 15) is 22.8 Å². The van der Waals surface area contributed by atoms with Gasteiger partial charge in [-0.3, -0.25) is 0 Å². The van der Waals surface area contributed by atoms with Crippen LogP contribution < -0.4 is 10.6 Å². The van der Waals surface area contributed by atoms with E-state index in [4.69, 9.17) is 9.84 Å². The Labute approximate surface area is 106 Å². The Hall–Kier alpha value is -1.51. The van der Waals surface area contributed by atoms with Crippen LogP contribution in [0.15, 0.2) is 0 Å². The number of nitrogens with one attached hydrogen (secondary N) is 2. The van der Waals surface area contributed by atoms with Crippen LogP contribution in [0.3, 0.4) is 0 Å². The van der Waals surface area contributed by atoms with Crippen molar-refractivity contribution in [3.63, 3.8) is 0 Å². The van der Waals surface area contributed by atoms with Crippen molar-refractivity contribution in [2.75, 3.05) is 13.2 Å². The van der Waals surface area contributed by atoms with Crippen LogP contribution in [-0.2, 0) is 9.53 Å². The third-order valence-corrected chi connectivity index (χ3v) is 3.43. The fourth-order valence-corrected chi connectivity index (χ4v) is 1.96. The van der Waals surface area contributed by atoms with Crippen molar-refractivity contribution in [2.24, 2.45) is 0 Å². The maximum absolute atomic E-state index is 12.6. The van der Waals surface area contributed by atoms with E-state index in [0.717, 1.165) is 0 Å². The maximum atomic E-state index is 12.6. The lowest BCUT2D eigenvalue weighted by Crippen LogP contribution is -2.61. The molecule has 1 atom stereocenters. The number of ether oxygens (including phenoxy) is 1. The van der Waals surface area contributed by atoms with Gasteiger partial charge >= 0.3 is 18.2 Å². The Morgan fingerprint density at radius 1 is 1.16 bits per heavy atom. The second-order valence-corrected chi connectivity index (χ2v) is 4.85. The molecule has 0 radical (unpaired) electrons. The summed E-state index contributed by atoms with van der Waals surface area (Å²) in [6.07, 6.45) is -4.90. The number of carbonyl (C=O) groups is 2. The molecule has 2 fully saturated rings. The Morgan fingerprint density at radius 2 is 1.79 bits per heavy atom. The van der Waals surface area contributed by atoms with Gasteiger partial charge in [-0.1, -0.05) is 0 Å². The van der Waals surface area contributed by atoms with Crippen LogP contribution in [0.25, 0.3) is 0 Å². The summed E-state index contributed by atoms with van der Waals surface area (Å²) in [5.41, 5.74) is -3.86. The van der Waals surface area contributed by atoms with Crippen molar-refractivity contribution >= 4 is 12.0 Å². The highest BCUT2D eigenvalue weighted by Gasteiger charge is 2.64. The van der Waals surface area contributed by atoms with Crippen molar-refractivity contribution < 1.29 is 32.6 Å². The van der Waals surface area contributed by atoms with Crippen molar-refractivity contribution in [3.8, 4) is 0 Å². The third-order valence-electron chi connectivity index (χ3n) is 3.43. The summed E-state index contributed by atoms with van der Waals surface area (Å²) in [6.45, 7) is -0.119. The number of hydrogen-bond acceptors (Lipinski definition) is 3. The molecule has 0 aromatic rings. The number of carboxylic acid groups (broad SMARTS) is 1. The summed E-state index contributed by atoms with van der Waals surface area (Å²) in [5.74, 6) is -1.32. The van der Waals surface area contributed by atoms with E-state index in [2.05, 4.69) is 5.32 Å². The van der Waals surface area contributed by atoms with Crippen LogP contribution in [0.5, 0.6) is 0 Å². The summed E-state index contributed by atoms with van der Waals surface area (Å²) in [6, 6.07) is -1.14. The van der Waals surface area contributed by atoms with Gasteiger partial charge in [0.05, 0.1) is 6.61 Å². The molecular weight excluding hydrogens is 269 g/mol. The van der Waals surface area contributed by atoms with Gasteiger partial charge in [0, 0.05) is 13.0 Å². The number of halogens is 3. The fourth-order valence-electron chi connectivity index (χ4n) is 1.96. The first-order valence-corrected chi connectivity index (χ1v) is 5.69. The summed E-state index contributed by atoms with van der Waals surface area (Å²) in [7, 11) is 0. The molecule has 0 bridgehead atoms. The maximum Gasteiger partial charge on any atom is 0.411 e. The van der Waals surface area contributed by atoms with E-state index in [-0.39, 0.29) is 32.5 Å². The highest BCUT2D eigenvalue weighted by Crippen LogP contribution is 2.48. The zero-order chi connectivity index (χ0) is 14.3. The summed E-state index contributed by atoms with van der Waals surface area (Å²) < 4.78 is 42.8. The lowest BCUT2D eigenvalue weighted by Gasteiger charge is -2.27. The van der Waals surface area contributed by atoms with Crippen molar-refractivity contribution in [1.82, 2.24) is 10.6 Å². The van der Waals surface area contributed by atoms with Crippen LogP contribution in [0.4, 0.5) is 18.0 Å². The highest BCUT2D eigenvalue weighted by atomic mass is 19.4. The normalized spacial score (nSPS) is 28.8. The summed E-state index contributed by atoms with van der Waals surface area (Å²) >= 11 is 0. The average molecular weight is 282 g/mol. The molecule has 0 spiro atoms. The van der Waals surface area contributed by atoms with Crippen LogP contribution in [-0.4, -0.2) is 47.6 Å². The zero-order valence-electron chi connectivity index (χ0n) is 9.84. The molecular formula is C10H13F3N2O4. The molecule has 9 heteroatoms. The average Bonchev–Trinajstić information content (AvgIpc) is 2.89. The van der Waals surface area contributed by atoms with E-state index >= 15 is 0 Å². The number of aliphatic carboxylic acids is 1. The van der Waals surface area contributed by atoms with Gasteiger partial charge in [0.2, 0.25) is 0 Å². The SMILES string of the molecule is O=C(NC1(C(=O)O)CCOC1)NC1(C(F)(F)F)CC1.